The number of rotatable bonds is 7. The molecule has 4 unspecified atom stereocenters. The Kier molecular flexibility index (Phi) is 7.31. The Morgan fingerprint density at radius 2 is 1.29 bits per heavy atom. The normalized spacial score (nSPS) is 20.1. The summed E-state index contributed by atoms with van der Waals surface area (Å²) in [6.07, 6.45) is 5.50. The third kappa shape index (κ3) is 5.02. The minimum Gasteiger partial charge on any atom is -0.0651 e. The molecule has 86 valence electrons. The van der Waals surface area contributed by atoms with Gasteiger partial charge < -0.3 is 0 Å². The lowest BCUT2D eigenvalue weighted by Crippen LogP contribution is -2.16. The Balaban J connectivity index is 3.77. The molecular weight excluding hydrogens is 168 g/mol. The van der Waals surface area contributed by atoms with Gasteiger partial charge in [0.1, 0.15) is 0 Å². The zero-order valence-electron chi connectivity index (χ0n) is 11.1. The van der Waals surface area contributed by atoms with E-state index in [4.69, 9.17) is 0 Å². The molecule has 0 aromatic heterocycles. The highest BCUT2D eigenvalue weighted by Crippen LogP contribution is 2.27. The molecule has 4 atom stereocenters. The average molecular weight is 198 g/mol. The fourth-order valence-corrected chi connectivity index (χ4v) is 1.95. The van der Waals surface area contributed by atoms with E-state index in [1.54, 1.807) is 0 Å². The SMILES string of the molecule is CCC(C)CCC(C)C(C)C(C)CC. The van der Waals surface area contributed by atoms with Crippen LogP contribution in [0.25, 0.3) is 0 Å². The zero-order valence-corrected chi connectivity index (χ0v) is 11.1. The van der Waals surface area contributed by atoms with Crippen LogP contribution in [-0.2, 0) is 0 Å². The van der Waals surface area contributed by atoms with Gasteiger partial charge in [-0.2, -0.15) is 0 Å². The van der Waals surface area contributed by atoms with Crippen molar-refractivity contribution in [1.29, 1.82) is 0 Å². The smallest absolute Gasteiger partial charge is 0.0391 e. The molecule has 0 N–H and O–H groups in total. The second-order valence-electron chi connectivity index (χ2n) is 5.31. The Morgan fingerprint density at radius 1 is 0.714 bits per heavy atom. The largest absolute Gasteiger partial charge is 0.0651 e. The Bertz CT molecular complexity index is 128. The van der Waals surface area contributed by atoms with Crippen LogP contribution >= 0.6 is 0 Å². The molecule has 0 aliphatic heterocycles. The maximum Gasteiger partial charge on any atom is -0.0391 e. The van der Waals surface area contributed by atoms with Crippen molar-refractivity contribution in [1.82, 2.24) is 0 Å². The molecule has 14 heavy (non-hydrogen) atoms. The summed E-state index contributed by atoms with van der Waals surface area (Å²) in [6.45, 7) is 14.2. The van der Waals surface area contributed by atoms with Crippen LogP contribution in [0.5, 0.6) is 0 Å². The minimum absolute atomic E-state index is 0.891. The van der Waals surface area contributed by atoms with E-state index in [1.165, 1.54) is 25.7 Å². The van der Waals surface area contributed by atoms with Gasteiger partial charge in [-0.1, -0.05) is 67.2 Å². The van der Waals surface area contributed by atoms with Crippen molar-refractivity contribution in [3.63, 3.8) is 0 Å². The summed E-state index contributed by atoms with van der Waals surface area (Å²) in [5.74, 6) is 3.60. The summed E-state index contributed by atoms with van der Waals surface area (Å²) in [4.78, 5) is 0. The third-order valence-electron chi connectivity index (χ3n) is 4.25. The van der Waals surface area contributed by atoms with Crippen LogP contribution in [0.4, 0.5) is 0 Å². The molecule has 0 aliphatic rings. The van der Waals surface area contributed by atoms with Crippen LogP contribution < -0.4 is 0 Å². The van der Waals surface area contributed by atoms with Crippen LogP contribution in [0.3, 0.4) is 0 Å². The second kappa shape index (κ2) is 7.31. The first-order chi connectivity index (χ1) is 6.52. The molecule has 0 saturated heterocycles. The summed E-state index contributed by atoms with van der Waals surface area (Å²) in [5.41, 5.74) is 0. The van der Waals surface area contributed by atoms with E-state index in [0.717, 1.165) is 23.7 Å². The quantitative estimate of drug-likeness (QED) is 0.532. The van der Waals surface area contributed by atoms with Gasteiger partial charge in [0.15, 0.2) is 0 Å². The van der Waals surface area contributed by atoms with Gasteiger partial charge in [-0.3, -0.25) is 0 Å². The van der Waals surface area contributed by atoms with E-state index in [0.29, 0.717) is 0 Å². The van der Waals surface area contributed by atoms with E-state index < -0.39 is 0 Å². The maximum absolute atomic E-state index is 2.43. The molecule has 0 heterocycles. The van der Waals surface area contributed by atoms with Crippen LogP contribution in [0.2, 0.25) is 0 Å². The van der Waals surface area contributed by atoms with E-state index in [2.05, 4.69) is 41.5 Å². The first-order valence-corrected chi connectivity index (χ1v) is 6.52. The first-order valence-electron chi connectivity index (χ1n) is 6.52. The molecule has 0 bridgehead atoms. The standard InChI is InChI=1S/C14H30/c1-7-11(3)9-10-13(5)14(6)12(4)8-2/h11-14H,7-10H2,1-6H3. The van der Waals surface area contributed by atoms with E-state index in [1.807, 2.05) is 0 Å². The molecule has 0 amide bonds. The molecule has 0 heteroatoms. The molecule has 0 aliphatic carbocycles. The molecule has 0 saturated carbocycles. The highest BCUT2D eigenvalue weighted by molar-refractivity contribution is 4.68. The van der Waals surface area contributed by atoms with E-state index in [-0.39, 0.29) is 0 Å². The Morgan fingerprint density at radius 3 is 1.71 bits per heavy atom. The van der Waals surface area contributed by atoms with Crippen molar-refractivity contribution in [2.75, 3.05) is 0 Å². The van der Waals surface area contributed by atoms with Crippen molar-refractivity contribution < 1.29 is 0 Å². The maximum atomic E-state index is 2.43. The van der Waals surface area contributed by atoms with Crippen molar-refractivity contribution >= 4 is 0 Å². The van der Waals surface area contributed by atoms with Crippen LogP contribution in [0.15, 0.2) is 0 Å². The van der Waals surface area contributed by atoms with Gasteiger partial charge in [-0.05, 0) is 23.7 Å². The fourth-order valence-electron chi connectivity index (χ4n) is 1.95. The monoisotopic (exact) mass is 198 g/mol. The summed E-state index contributed by atoms with van der Waals surface area (Å²) >= 11 is 0. The fraction of sp³-hybridized carbons (Fsp3) is 1.00. The highest BCUT2D eigenvalue weighted by Gasteiger charge is 2.17. The molecule has 0 fully saturated rings. The molecule has 0 radical (unpaired) electrons. The lowest BCUT2D eigenvalue weighted by Gasteiger charge is -2.26. The van der Waals surface area contributed by atoms with Gasteiger partial charge in [0.2, 0.25) is 0 Å². The number of hydrogen-bond acceptors (Lipinski definition) is 0. The van der Waals surface area contributed by atoms with Gasteiger partial charge in [-0.25, -0.2) is 0 Å². The predicted molar refractivity (Wildman–Crippen MR) is 66.5 cm³/mol. The van der Waals surface area contributed by atoms with Crippen molar-refractivity contribution in [2.24, 2.45) is 23.7 Å². The summed E-state index contributed by atoms with van der Waals surface area (Å²) in [7, 11) is 0. The zero-order chi connectivity index (χ0) is 11.1. The summed E-state index contributed by atoms with van der Waals surface area (Å²) in [5, 5.41) is 0. The molecule has 0 aromatic carbocycles. The van der Waals surface area contributed by atoms with Gasteiger partial charge in [-0.15, -0.1) is 0 Å². The lowest BCUT2D eigenvalue weighted by atomic mass is 9.80. The third-order valence-corrected chi connectivity index (χ3v) is 4.25. The predicted octanol–water partition coefficient (Wildman–Crippen LogP) is 5.13. The average Bonchev–Trinajstić information content (AvgIpc) is 2.22. The summed E-state index contributed by atoms with van der Waals surface area (Å²) in [6, 6.07) is 0. The molecule has 0 spiro atoms. The minimum atomic E-state index is 0.891. The van der Waals surface area contributed by atoms with Crippen LogP contribution in [0.1, 0.15) is 67.2 Å². The Labute approximate surface area is 91.5 Å². The first kappa shape index (κ1) is 14.0. The Hall–Kier alpha value is 0. The highest BCUT2D eigenvalue weighted by atomic mass is 14.2. The van der Waals surface area contributed by atoms with Crippen molar-refractivity contribution in [3.8, 4) is 0 Å². The molecule has 0 aromatic rings. The van der Waals surface area contributed by atoms with Crippen molar-refractivity contribution in [2.45, 2.75) is 67.2 Å². The lowest BCUT2D eigenvalue weighted by molar-refractivity contribution is 0.246. The van der Waals surface area contributed by atoms with E-state index in [9.17, 15) is 0 Å². The van der Waals surface area contributed by atoms with Crippen LogP contribution in [-0.4, -0.2) is 0 Å². The van der Waals surface area contributed by atoms with Gasteiger partial charge in [0.25, 0.3) is 0 Å². The van der Waals surface area contributed by atoms with Gasteiger partial charge >= 0.3 is 0 Å². The number of hydrogen-bond donors (Lipinski definition) is 0. The van der Waals surface area contributed by atoms with Gasteiger partial charge in [0.05, 0.1) is 0 Å². The molecule has 0 nitrogen and oxygen atoms in total. The van der Waals surface area contributed by atoms with Crippen LogP contribution in [0, 0.1) is 23.7 Å². The molecule has 0 rings (SSSR count). The van der Waals surface area contributed by atoms with Crippen molar-refractivity contribution in [3.05, 3.63) is 0 Å². The molecular formula is C14H30. The van der Waals surface area contributed by atoms with Gasteiger partial charge in [0, 0.05) is 0 Å². The topological polar surface area (TPSA) is 0 Å². The second-order valence-corrected chi connectivity index (χ2v) is 5.31. The summed E-state index contributed by atoms with van der Waals surface area (Å²) < 4.78 is 0. The van der Waals surface area contributed by atoms with E-state index >= 15 is 0 Å².